The highest BCUT2D eigenvalue weighted by atomic mass is 32.1. The summed E-state index contributed by atoms with van der Waals surface area (Å²) in [7, 11) is 0. The molecule has 6 heteroatoms. The van der Waals surface area contributed by atoms with Gasteiger partial charge in [-0.2, -0.15) is 0 Å². The predicted molar refractivity (Wildman–Crippen MR) is 80.1 cm³/mol. The van der Waals surface area contributed by atoms with Crippen molar-refractivity contribution < 1.29 is 14.7 Å². The molecule has 2 atom stereocenters. The van der Waals surface area contributed by atoms with Gasteiger partial charge in [0.05, 0.1) is 6.04 Å². The first-order chi connectivity index (χ1) is 9.28. The Morgan fingerprint density at radius 2 is 2.10 bits per heavy atom. The van der Waals surface area contributed by atoms with Crippen LogP contribution in [-0.2, 0) is 4.79 Å². The van der Waals surface area contributed by atoms with E-state index in [9.17, 15) is 14.7 Å². The first-order valence-corrected chi connectivity index (χ1v) is 7.48. The predicted octanol–water partition coefficient (Wildman–Crippen LogP) is 3.06. The third-order valence-corrected chi connectivity index (χ3v) is 4.33. The van der Waals surface area contributed by atoms with E-state index in [1.165, 1.54) is 11.8 Å². The van der Waals surface area contributed by atoms with E-state index >= 15 is 0 Å². The Morgan fingerprint density at radius 1 is 1.45 bits per heavy atom. The molecule has 0 bridgehead atoms. The average molecular weight is 298 g/mol. The first-order valence-electron chi connectivity index (χ1n) is 6.67. The summed E-state index contributed by atoms with van der Waals surface area (Å²) in [5.74, 6) is -1.02. The molecule has 112 valence electrons. The van der Waals surface area contributed by atoms with E-state index in [0.717, 1.165) is 4.88 Å². The van der Waals surface area contributed by atoms with Crippen LogP contribution in [0.2, 0.25) is 0 Å². The van der Waals surface area contributed by atoms with Gasteiger partial charge in [0.15, 0.2) is 0 Å². The smallest absolute Gasteiger partial charge is 0.329 e. The molecule has 1 aromatic heterocycles. The lowest BCUT2D eigenvalue weighted by Gasteiger charge is -2.26. The average Bonchev–Trinajstić information content (AvgIpc) is 2.75. The molecule has 0 aliphatic heterocycles. The zero-order valence-corrected chi connectivity index (χ0v) is 13.1. The highest BCUT2D eigenvalue weighted by molar-refractivity contribution is 7.12. The van der Waals surface area contributed by atoms with E-state index < -0.39 is 17.5 Å². The summed E-state index contributed by atoms with van der Waals surface area (Å²) in [6.45, 7) is 7.29. The summed E-state index contributed by atoms with van der Waals surface area (Å²) >= 11 is 1.61. The number of rotatable bonds is 6. The van der Waals surface area contributed by atoms with Crippen LogP contribution in [0.3, 0.4) is 0 Å². The molecule has 0 aliphatic rings. The van der Waals surface area contributed by atoms with Crippen molar-refractivity contribution in [3.05, 3.63) is 21.9 Å². The highest BCUT2D eigenvalue weighted by Crippen LogP contribution is 2.22. The molecule has 2 amide bonds. The number of carboxylic acids is 1. The molecule has 1 aromatic rings. The Kier molecular flexibility index (Phi) is 5.56. The number of thiophene rings is 1. The standard InChI is InChI=1S/C14H22N2O3S/c1-5-8-14(4,12(17)18)16-13(19)15-10(3)11-7-6-9(2)20-11/h6-7,10H,5,8H2,1-4H3,(H,17,18)(H2,15,16,19). The molecule has 0 fully saturated rings. The number of aryl methyl sites for hydroxylation is 1. The van der Waals surface area contributed by atoms with Crippen LogP contribution in [-0.4, -0.2) is 22.6 Å². The van der Waals surface area contributed by atoms with Gasteiger partial charge >= 0.3 is 12.0 Å². The van der Waals surface area contributed by atoms with Gasteiger partial charge in [0.25, 0.3) is 0 Å². The molecule has 1 rings (SSSR count). The lowest BCUT2D eigenvalue weighted by Crippen LogP contribution is -2.55. The SMILES string of the molecule is CCCC(C)(NC(=O)NC(C)c1ccc(C)s1)C(=O)O. The number of carboxylic acid groups (broad SMARTS) is 1. The zero-order valence-electron chi connectivity index (χ0n) is 12.3. The molecule has 0 saturated carbocycles. The molecule has 0 radical (unpaired) electrons. The van der Waals surface area contributed by atoms with Gasteiger partial charge in [-0.1, -0.05) is 13.3 Å². The van der Waals surface area contributed by atoms with E-state index in [-0.39, 0.29) is 6.04 Å². The van der Waals surface area contributed by atoms with Crippen molar-refractivity contribution >= 4 is 23.3 Å². The summed E-state index contributed by atoms with van der Waals surface area (Å²) in [6.07, 6.45) is 1.07. The second-order valence-electron chi connectivity index (χ2n) is 5.16. The molecule has 2 unspecified atom stereocenters. The van der Waals surface area contributed by atoms with E-state index in [1.807, 2.05) is 32.9 Å². The van der Waals surface area contributed by atoms with E-state index in [1.54, 1.807) is 11.3 Å². The topological polar surface area (TPSA) is 78.4 Å². The molecule has 20 heavy (non-hydrogen) atoms. The number of nitrogens with one attached hydrogen (secondary N) is 2. The molecule has 5 nitrogen and oxygen atoms in total. The maximum absolute atomic E-state index is 11.9. The number of carbonyl (C=O) groups is 2. The molecule has 0 aromatic carbocycles. The summed E-state index contributed by atoms with van der Waals surface area (Å²) in [4.78, 5) is 25.4. The minimum Gasteiger partial charge on any atom is -0.480 e. The minimum atomic E-state index is -1.23. The van der Waals surface area contributed by atoms with Crippen molar-refractivity contribution in [1.29, 1.82) is 0 Å². The van der Waals surface area contributed by atoms with Crippen LogP contribution in [0.4, 0.5) is 4.79 Å². The van der Waals surface area contributed by atoms with Crippen molar-refractivity contribution in [2.24, 2.45) is 0 Å². The molecule has 3 N–H and O–H groups in total. The number of hydrogen-bond donors (Lipinski definition) is 3. The fourth-order valence-electron chi connectivity index (χ4n) is 1.96. The van der Waals surface area contributed by atoms with Gasteiger partial charge in [0.1, 0.15) is 5.54 Å². The van der Waals surface area contributed by atoms with E-state index in [2.05, 4.69) is 10.6 Å². The lowest BCUT2D eigenvalue weighted by atomic mass is 9.96. The van der Waals surface area contributed by atoms with Crippen molar-refractivity contribution in [3.63, 3.8) is 0 Å². The Hall–Kier alpha value is -1.56. The highest BCUT2D eigenvalue weighted by Gasteiger charge is 2.34. The van der Waals surface area contributed by atoms with Crippen molar-refractivity contribution in [1.82, 2.24) is 10.6 Å². The van der Waals surface area contributed by atoms with Crippen LogP contribution in [0.25, 0.3) is 0 Å². The van der Waals surface area contributed by atoms with Gasteiger partial charge in [0.2, 0.25) is 0 Å². The van der Waals surface area contributed by atoms with Gasteiger partial charge in [-0.3, -0.25) is 0 Å². The van der Waals surface area contributed by atoms with Crippen molar-refractivity contribution in [3.8, 4) is 0 Å². The Morgan fingerprint density at radius 3 is 2.55 bits per heavy atom. The molecule has 0 saturated heterocycles. The fourth-order valence-corrected chi connectivity index (χ4v) is 2.84. The van der Waals surface area contributed by atoms with E-state index in [0.29, 0.717) is 12.8 Å². The van der Waals surface area contributed by atoms with Gasteiger partial charge in [-0.05, 0) is 39.3 Å². The third-order valence-electron chi connectivity index (χ3n) is 3.15. The quantitative estimate of drug-likeness (QED) is 0.755. The number of urea groups is 1. The normalized spacial score (nSPS) is 15.2. The lowest BCUT2D eigenvalue weighted by molar-refractivity contribution is -0.144. The van der Waals surface area contributed by atoms with Crippen LogP contribution in [0.15, 0.2) is 12.1 Å². The monoisotopic (exact) mass is 298 g/mol. The molecule has 1 heterocycles. The largest absolute Gasteiger partial charge is 0.480 e. The Balaban J connectivity index is 2.64. The Bertz CT molecular complexity index is 487. The summed E-state index contributed by atoms with van der Waals surface area (Å²) in [5.41, 5.74) is -1.23. The fraction of sp³-hybridized carbons (Fsp3) is 0.571. The first kappa shape index (κ1) is 16.5. The van der Waals surface area contributed by atoms with Gasteiger partial charge in [-0.15, -0.1) is 11.3 Å². The van der Waals surface area contributed by atoms with Crippen molar-refractivity contribution in [2.45, 2.75) is 52.1 Å². The maximum Gasteiger partial charge on any atom is 0.329 e. The molecular formula is C14H22N2O3S. The number of hydrogen-bond acceptors (Lipinski definition) is 3. The summed E-state index contributed by atoms with van der Waals surface area (Å²) < 4.78 is 0. The Labute approximate surface area is 123 Å². The molecule has 0 aliphatic carbocycles. The van der Waals surface area contributed by atoms with Crippen LogP contribution in [0.1, 0.15) is 49.4 Å². The second kappa shape index (κ2) is 6.74. The number of amides is 2. The third kappa shape index (κ3) is 4.23. The van der Waals surface area contributed by atoms with Gasteiger partial charge in [-0.25, -0.2) is 9.59 Å². The van der Waals surface area contributed by atoms with Crippen LogP contribution < -0.4 is 10.6 Å². The van der Waals surface area contributed by atoms with Crippen LogP contribution in [0, 0.1) is 6.92 Å². The van der Waals surface area contributed by atoms with Gasteiger partial charge < -0.3 is 15.7 Å². The zero-order chi connectivity index (χ0) is 15.3. The van der Waals surface area contributed by atoms with Crippen LogP contribution >= 0.6 is 11.3 Å². The second-order valence-corrected chi connectivity index (χ2v) is 6.48. The number of aliphatic carboxylic acids is 1. The van der Waals surface area contributed by atoms with E-state index in [4.69, 9.17) is 0 Å². The summed E-state index contributed by atoms with van der Waals surface area (Å²) in [6, 6.07) is 3.36. The molecular weight excluding hydrogens is 276 g/mol. The van der Waals surface area contributed by atoms with Gasteiger partial charge in [0, 0.05) is 9.75 Å². The van der Waals surface area contributed by atoms with Crippen molar-refractivity contribution in [2.75, 3.05) is 0 Å². The maximum atomic E-state index is 11.9. The summed E-state index contributed by atoms with van der Waals surface area (Å²) in [5, 5.41) is 14.6. The number of carbonyl (C=O) groups excluding carboxylic acids is 1. The molecule has 0 spiro atoms. The minimum absolute atomic E-state index is 0.145. The van der Waals surface area contributed by atoms with Crippen LogP contribution in [0.5, 0.6) is 0 Å².